The predicted octanol–water partition coefficient (Wildman–Crippen LogP) is 6.28. The maximum absolute atomic E-state index is 4.18. The lowest BCUT2D eigenvalue weighted by Crippen LogP contribution is -2.25. The maximum atomic E-state index is 4.18. The van der Waals surface area contributed by atoms with E-state index in [4.69, 9.17) is 0 Å². The number of rotatable bonds is 8. The van der Waals surface area contributed by atoms with E-state index in [1.54, 1.807) is 0 Å². The maximum Gasteiger partial charge on any atom is 0.0346 e. The highest BCUT2D eigenvalue weighted by Crippen LogP contribution is 2.20. The zero-order chi connectivity index (χ0) is 19.2. The summed E-state index contributed by atoms with van der Waals surface area (Å²) < 4.78 is 0. The molecule has 1 atom stereocenters. The van der Waals surface area contributed by atoms with Gasteiger partial charge in [-0.2, -0.15) is 0 Å². The summed E-state index contributed by atoms with van der Waals surface area (Å²) in [5, 5.41) is 8.89. The molecule has 142 valence electrons. The largest absolute Gasteiger partial charge is 0.310 e. The topological polar surface area (TPSA) is 24.9 Å². The van der Waals surface area contributed by atoms with Crippen LogP contribution in [0.2, 0.25) is 0 Å². The van der Waals surface area contributed by atoms with Crippen LogP contribution in [0.3, 0.4) is 0 Å². The second-order valence-corrected chi connectivity index (χ2v) is 7.72. The molecule has 2 nitrogen and oxygen atoms in total. The third kappa shape index (κ3) is 4.58. The van der Waals surface area contributed by atoms with E-state index in [0.29, 0.717) is 6.04 Å². The van der Waals surface area contributed by atoms with Crippen LogP contribution in [0, 0.1) is 0 Å². The summed E-state index contributed by atoms with van der Waals surface area (Å²) in [5.74, 6) is 0. The average molecular weight is 369 g/mol. The quantitative estimate of drug-likeness (QED) is 0.370. The van der Waals surface area contributed by atoms with Crippen LogP contribution < -0.4 is 5.32 Å². The Labute approximate surface area is 167 Å². The molecule has 28 heavy (non-hydrogen) atoms. The molecule has 1 N–H and O–H groups in total. The van der Waals surface area contributed by atoms with E-state index in [1.807, 2.05) is 12.4 Å². The minimum absolute atomic E-state index is 0.528. The number of benzene rings is 3. The Bertz CT molecular complexity index is 1050. The van der Waals surface area contributed by atoms with Crippen molar-refractivity contribution in [2.24, 2.45) is 0 Å². The van der Waals surface area contributed by atoms with Crippen LogP contribution in [0.4, 0.5) is 0 Å². The average Bonchev–Trinajstić information content (AvgIpc) is 2.75. The van der Waals surface area contributed by atoms with Crippen LogP contribution in [0.25, 0.3) is 21.5 Å². The van der Waals surface area contributed by atoms with E-state index < -0.39 is 0 Å². The highest BCUT2D eigenvalue weighted by molar-refractivity contribution is 5.85. The molecular formula is C26H28N2. The van der Waals surface area contributed by atoms with Crippen LogP contribution in [-0.4, -0.2) is 11.0 Å². The minimum atomic E-state index is 0.528. The van der Waals surface area contributed by atoms with E-state index in [0.717, 1.165) is 13.0 Å². The molecule has 0 fully saturated rings. The molecular weight excluding hydrogens is 340 g/mol. The number of hydrogen-bond acceptors (Lipinski definition) is 2. The SMILES string of the molecule is C[C@H](CCCCc1cccc2ccccc12)NCc1ccc2cnccc2c1. The van der Waals surface area contributed by atoms with Crippen molar-refractivity contribution >= 4 is 21.5 Å². The normalized spacial score (nSPS) is 12.5. The Hall–Kier alpha value is -2.71. The first-order valence-corrected chi connectivity index (χ1v) is 10.3. The monoisotopic (exact) mass is 368 g/mol. The highest BCUT2D eigenvalue weighted by Gasteiger charge is 2.04. The third-order valence-corrected chi connectivity index (χ3v) is 5.57. The van der Waals surface area contributed by atoms with Crippen molar-refractivity contribution in [2.75, 3.05) is 0 Å². The Balaban J connectivity index is 1.23. The lowest BCUT2D eigenvalue weighted by atomic mass is 9.99. The molecule has 0 amide bonds. The van der Waals surface area contributed by atoms with Gasteiger partial charge in [-0.05, 0) is 65.6 Å². The first-order chi connectivity index (χ1) is 13.8. The van der Waals surface area contributed by atoms with Gasteiger partial charge in [-0.3, -0.25) is 4.98 Å². The lowest BCUT2D eigenvalue weighted by molar-refractivity contribution is 0.489. The summed E-state index contributed by atoms with van der Waals surface area (Å²) in [7, 11) is 0. The number of unbranched alkanes of at least 4 members (excludes halogenated alkanes) is 1. The van der Waals surface area contributed by atoms with Crippen LogP contribution in [0.5, 0.6) is 0 Å². The van der Waals surface area contributed by atoms with Gasteiger partial charge in [0.2, 0.25) is 0 Å². The Morgan fingerprint density at radius 2 is 1.75 bits per heavy atom. The molecule has 0 spiro atoms. The summed E-state index contributed by atoms with van der Waals surface area (Å²) in [6.07, 6.45) is 8.64. The molecule has 1 heterocycles. The van der Waals surface area contributed by atoms with Gasteiger partial charge in [0.1, 0.15) is 0 Å². The summed E-state index contributed by atoms with van der Waals surface area (Å²) in [6, 6.07) is 24.6. The second kappa shape index (κ2) is 8.99. The van der Waals surface area contributed by atoms with E-state index in [2.05, 4.69) is 84.0 Å². The van der Waals surface area contributed by atoms with Crippen LogP contribution in [0.15, 0.2) is 79.1 Å². The van der Waals surface area contributed by atoms with Gasteiger partial charge in [0.05, 0.1) is 0 Å². The number of fused-ring (bicyclic) bond motifs is 2. The number of nitrogens with one attached hydrogen (secondary N) is 1. The van der Waals surface area contributed by atoms with Gasteiger partial charge < -0.3 is 5.32 Å². The zero-order valence-electron chi connectivity index (χ0n) is 16.6. The molecule has 4 rings (SSSR count). The van der Waals surface area contributed by atoms with Crippen LogP contribution in [-0.2, 0) is 13.0 Å². The molecule has 1 aromatic heterocycles. The zero-order valence-corrected chi connectivity index (χ0v) is 16.6. The van der Waals surface area contributed by atoms with E-state index in [-0.39, 0.29) is 0 Å². The number of aryl methyl sites for hydroxylation is 1. The molecule has 0 bridgehead atoms. The van der Waals surface area contributed by atoms with Gasteiger partial charge in [0.15, 0.2) is 0 Å². The molecule has 3 aromatic carbocycles. The van der Waals surface area contributed by atoms with Crippen LogP contribution in [0.1, 0.15) is 37.3 Å². The standard InChI is InChI=1S/C26H28N2/c1-20(28-18-21-13-14-25-19-27-16-15-24(25)17-21)7-2-3-8-22-10-6-11-23-9-4-5-12-26(22)23/h4-6,9-17,19-20,28H,2-3,7-8,18H2,1H3/t20-/m1/s1. The number of nitrogens with zero attached hydrogens (tertiary/aromatic N) is 1. The molecule has 0 unspecified atom stereocenters. The third-order valence-electron chi connectivity index (χ3n) is 5.57. The Morgan fingerprint density at radius 3 is 2.71 bits per heavy atom. The summed E-state index contributed by atoms with van der Waals surface area (Å²) in [6.45, 7) is 3.21. The van der Waals surface area contributed by atoms with Crippen molar-refractivity contribution < 1.29 is 0 Å². The van der Waals surface area contributed by atoms with Crippen molar-refractivity contribution in [1.29, 1.82) is 0 Å². The smallest absolute Gasteiger partial charge is 0.0346 e. The molecule has 2 heteroatoms. The van der Waals surface area contributed by atoms with E-state index in [1.165, 1.54) is 51.9 Å². The summed E-state index contributed by atoms with van der Waals surface area (Å²) in [4.78, 5) is 4.18. The van der Waals surface area contributed by atoms with Gasteiger partial charge in [-0.25, -0.2) is 0 Å². The molecule has 0 aliphatic rings. The van der Waals surface area contributed by atoms with Gasteiger partial charge in [0.25, 0.3) is 0 Å². The van der Waals surface area contributed by atoms with Gasteiger partial charge in [-0.1, -0.05) is 61.0 Å². The highest BCUT2D eigenvalue weighted by atomic mass is 14.9. The van der Waals surface area contributed by atoms with Crippen molar-refractivity contribution in [3.05, 3.63) is 90.3 Å². The predicted molar refractivity (Wildman–Crippen MR) is 120 cm³/mol. The van der Waals surface area contributed by atoms with Crippen molar-refractivity contribution in [1.82, 2.24) is 10.3 Å². The van der Waals surface area contributed by atoms with E-state index in [9.17, 15) is 0 Å². The first kappa shape index (κ1) is 18.6. The molecule has 0 saturated heterocycles. The lowest BCUT2D eigenvalue weighted by Gasteiger charge is -2.14. The van der Waals surface area contributed by atoms with E-state index >= 15 is 0 Å². The van der Waals surface area contributed by atoms with Gasteiger partial charge in [0, 0.05) is 30.4 Å². The molecule has 0 aliphatic heterocycles. The second-order valence-electron chi connectivity index (χ2n) is 7.72. The summed E-state index contributed by atoms with van der Waals surface area (Å²) in [5.41, 5.74) is 2.81. The number of aromatic nitrogens is 1. The van der Waals surface area contributed by atoms with Crippen LogP contribution >= 0.6 is 0 Å². The Kier molecular flexibility index (Phi) is 5.98. The first-order valence-electron chi connectivity index (χ1n) is 10.3. The molecule has 4 aromatic rings. The Morgan fingerprint density at radius 1 is 0.857 bits per heavy atom. The molecule has 0 saturated carbocycles. The number of hydrogen-bond donors (Lipinski definition) is 1. The molecule has 0 aliphatic carbocycles. The fourth-order valence-corrected chi connectivity index (χ4v) is 3.91. The van der Waals surface area contributed by atoms with Crippen molar-refractivity contribution in [3.8, 4) is 0 Å². The summed E-state index contributed by atoms with van der Waals surface area (Å²) >= 11 is 0. The van der Waals surface area contributed by atoms with Crippen molar-refractivity contribution in [2.45, 2.75) is 45.2 Å². The van der Waals surface area contributed by atoms with Crippen molar-refractivity contribution in [3.63, 3.8) is 0 Å². The molecule has 0 radical (unpaired) electrons. The fraction of sp³-hybridized carbons (Fsp3) is 0.269. The fourth-order valence-electron chi connectivity index (χ4n) is 3.91. The van der Waals surface area contributed by atoms with Gasteiger partial charge >= 0.3 is 0 Å². The minimum Gasteiger partial charge on any atom is -0.310 e. The number of pyridine rings is 1. The van der Waals surface area contributed by atoms with Gasteiger partial charge in [-0.15, -0.1) is 0 Å².